The van der Waals surface area contributed by atoms with Crippen LogP contribution in [0.1, 0.15) is 6.42 Å². The maximum absolute atomic E-state index is 5.04. The Labute approximate surface area is 84.6 Å². The van der Waals surface area contributed by atoms with Crippen LogP contribution in [0.25, 0.3) is 0 Å². The second-order valence-corrected chi connectivity index (χ2v) is 3.27. The van der Waals surface area contributed by atoms with Crippen molar-refractivity contribution >= 4 is 12.6 Å². The van der Waals surface area contributed by atoms with Gasteiger partial charge in [0.2, 0.25) is 0 Å². The van der Waals surface area contributed by atoms with Crippen LogP contribution in [0.5, 0.6) is 0 Å². The Morgan fingerprint density at radius 1 is 1.38 bits per heavy atom. The second-order valence-electron chi connectivity index (χ2n) is 2.83. The lowest BCUT2D eigenvalue weighted by atomic mass is 10.4. The maximum Gasteiger partial charge on any atom is 0.0993 e. The molecule has 2 rings (SSSR count). The lowest BCUT2D eigenvalue weighted by molar-refractivity contribution is -0.670. The van der Waals surface area contributed by atoms with Gasteiger partial charge in [-0.25, -0.2) is 0 Å². The highest BCUT2D eigenvalue weighted by Crippen LogP contribution is 1.95. The molecule has 0 unspecified atom stereocenters. The van der Waals surface area contributed by atoms with E-state index in [2.05, 4.69) is 10.6 Å². The molecular formula is C9H16N2OS. The molecule has 0 bridgehead atoms. The predicted molar refractivity (Wildman–Crippen MR) is 54.8 cm³/mol. The number of nitrogens with two attached hydrogens (primary N) is 1. The molecule has 0 aromatic carbocycles. The first-order chi connectivity index (χ1) is 6.39. The zero-order chi connectivity index (χ0) is 9.36. The Balaban J connectivity index is 0.000000132. The quantitative estimate of drug-likeness (QED) is 0.516. The van der Waals surface area contributed by atoms with Crippen molar-refractivity contribution in [1.82, 2.24) is 5.32 Å². The fourth-order valence-electron chi connectivity index (χ4n) is 1.02. The van der Waals surface area contributed by atoms with E-state index in [-0.39, 0.29) is 0 Å². The first-order valence-corrected chi connectivity index (χ1v) is 4.98. The summed E-state index contributed by atoms with van der Waals surface area (Å²) in [6.45, 7) is 4.19. The summed E-state index contributed by atoms with van der Waals surface area (Å²) in [5.41, 5.74) is 0. The van der Waals surface area contributed by atoms with Crippen LogP contribution in [0.3, 0.4) is 0 Å². The van der Waals surface area contributed by atoms with Gasteiger partial charge in [0.15, 0.2) is 0 Å². The number of hydrogen-bond acceptors (Lipinski definition) is 3. The summed E-state index contributed by atoms with van der Waals surface area (Å²) >= 11 is 4.79. The van der Waals surface area contributed by atoms with E-state index >= 15 is 0 Å². The van der Waals surface area contributed by atoms with Gasteiger partial charge < -0.3 is 28.0 Å². The maximum atomic E-state index is 5.04. The molecule has 0 aliphatic carbocycles. The standard InChI is InChI=1S/C5H7NS.C4H9NO/c7-5-3-1-2-4-6-5;1-3-6-4-2-5-1/h2-4,6-7H,1H2;5H,1-4H2. The molecule has 3 N–H and O–H groups in total. The summed E-state index contributed by atoms with van der Waals surface area (Å²) in [7, 11) is 0. The Kier molecular flexibility index (Phi) is 5.56. The number of dihydropyridines is 1. The number of quaternary nitrogens is 1. The van der Waals surface area contributed by atoms with Crippen molar-refractivity contribution in [3.8, 4) is 0 Å². The van der Waals surface area contributed by atoms with E-state index in [0.29, 0.717) is 0 Å². The molecule has 1 saturated heterocycles. The van der Waals surface area contributed by atoms with E-state index in [1.807, 2.05) is 18.4 Å². The molecule has 13 heavy (non-hydrogen) atoms. The lowest BCUT2D eigenvalue weighted by Crippen LogP contribution is -2.87. The molecule has 3 nitrogen and oxygen atoms in total. The van der Waals surface area contributed by atoms with E-state index in [1.54, 1.807) is 0 Å². The molecule has 2 aliphatic heterocycles. The van der Waals surface area contributed by atoms with Gasteiger partial charge in [0.05, 0.1) is 26.3 Å². The number of hydrogen-bond donors (Lipinski definition) is 2. The van der Waals surface area contributed by atoms with Crippen LogP contribution in [0, 0.1) is 0 Å². The van der Waals surface area contributed by atoms with E-state index < -0.39 is 0 Å². The third-order valence-corrected chi connectivity index (χ3v) is 2.00. The van der Waals surface area contributed by atoms with E-state index in [1.165, 1.54) is 0 Å². The van der Waals surface area contributed by atoms with Gasteiger partial charge in [-0.2, -0.15) is 0 Å². The average Bonchev–Trinajstić information content (AvgIpc) is 2.22. The van der Waals surface area contributed by atoms with Gasteiger partial charge in [0.1, 0.15) is 0 Å². The molecule has 0 radical (unpaired) electrons. The Bertz CT molecular complexity index is 177. The molecular weight excluding hydrogens is 184 g/mol. The van der Waals surface area contributed by atoms with Crippen LogP contribution in [-0.2, 0) is 17.4 Å². The molecule has 4 heteroatoms. The minimum atomic E-state index is 0.836. The van der Waals surface area contributed by atoms with Crippen LogP contribution in [0.15, 0.2) is 23.4 Å². The summed E-state index contributed by atoms with van der Waals surface area (Å²) in [6.07, 6.45) is 6.83. The lowest BCUT2D eigenvalue weighted by Gasteiger charge is -2.13. The van der Waals surface area contributed by atoms with Gasteiger partial charge in [-0.15, -0.1) is 5.03 Å². The van der Waals surface area contributed by atoms with Gasteiger partial charge in [-0.1, -0.05) is 12.2 Å². The number of morpholine rings is 1. The summed E-state index contributed by atoms with van der Waals surface area (Å²) in [5.74, 6) is 0. The molecule has 1 fully saturated rings. The molecule has 74 valence electrons. The first kappa shape index (κ1) is 10.5. The average molecular weight is 200 g/mol. The Morgan fingerprint density at radius 3 is 2.38 bits per heavy atom. The van der Waals surface area contributed by atoms with E-state index in [4.69, 9.17) is 17.4 Å². The van der Waals surface area contributed by atoms with Crippen molar-refractivity contribution in [2.75, 3.05) is 26.3 Å². The molecule has 2 heterocycles. The van der Waals surface area contributed by atoms with Gasteiger partial charge >= 0.3 is 0 Å². The molecule has 2 aliphatic rings. The zero-order valence-corrected chi connectivity index (χ0v) is 8.48. The molecule has 0 amide bonds. The van der Waals surface area contributed by atoms with Crippen LogP contribution >= 0.6 is 0 Å². The monoisotopic (exact) mass is 200 g/mol. The highest BCUT2D eigenvalue weighted by molar-refractivity contribution is 7.63. The van der Waals surface area contributed by atoms with Crippen LogP contribution in [0.2, 0.25) is 0 Å². The third-order valence-electron chi connectivity index (χ3n) is 1.72. The van der Waals surface area contributed by atoms with Gasteiger partial charge in [-0.3, -0.25) is 0 Å². The Morgan fingerprint density at radius 2 is 2.15 bits per heavy atom. The SMILES string of the molecule is C1COCC[NH2+]1.[S-]C1=CCC=CN1. The van der Waals surface area contributed by atoms with Crippen molar-refractivity contribution in [2.45, 2.75) is 6.42 Å². The smallest absolute Gasteiger partial charge is 0.0993 e. The minimum absolute atomic E-state index is 0.836. The van der Waals surface area contributed by atoms with Gasteiger partial charge in [0.25, 0.3) is 0 Å². The second kappa shape index (κ2) is 6.88. The van der Waals surface area contributed by atoms with Crippen molar-refractivity contribution in [3.05, 3.63) is 23.4 Å². The third kappa shape index (κ3) is 5.63. The molecule has 0 aromatic rings. The molecule has 0 spiro atoms. The largest absolute Gasteiger partial charge is 0.763 e. The fraction of sp³-hybridized carbons (Fsp3) is 0.556. The van der Waals surface area contributed by atoms with Crippen molar-refractivity contribution < 1.29 is 10.1 Å². The first-order valence-electron chi connectivity index (χ1n) is 4.58. The van der Waals surface area contributed by atoms with Crippen molar-refractivity contribution in [3.63, 3.8) is 0 Å². The summed E-state index contributed by atoms with van der Waals surface area (Å²) in [6, 6.07) is 0. The summed E-state index contributed by atoms with van der Waals surface area (Å²) in [4.78, 5) is 0. The normalized spacial score (nSPS) is 20.8. The van der Waals surface area contributed by atoms with Gasteiger partial charge in [0, 0.05) is 0 Å². The molecule has 0 aromatic heterocycles. The Hall–Kier alpha value is -0.580. The van der Waals surface area contributed by atoms with Crippen molar-refractivity contribution in [1.29, 1.82) is 0 Å². The van der Waals surface area contributed by atoms with E-state index in [9.17, 15) is 0 Å². The zero-order valence-electron chi connectivity index (χ0n) is 7.66. The summed E-state index contributed by atoms with van der Waals surface area (Å²) in [5, 5.41) is 5.98. The number of rotatable bonds is 0. The fourth-order valence-corrected chi connectivity index (χ4v) is 1.19. The topological polar surface area (TPSA) is 37.9 Å². The van der Waals surface area contributed by atoms with Crippen LogP contribution in [-0.4, -0.2) is 26.3 Å². The minimum Gasteiger partial charge on any atom is -0.763 e. The number of allylic oxidation sites excluding steroid dienone is 2. The predicted octanol–water partition coefficient (Wildman–Crippen LogP) is -0.538. The van der Waals surface area contributed by atoms with Crippen LogP contribution in [0.4, 0.5) is 0 Å². The van der Waals surface area contributed by atoms with Crippen LogP contribution < -0.4 is 10.6 Å². The number of nitrogens with one attached hydrogen (secondary N) is 1. The van der Waals surface area contributed by atoms with E-state index in [0.717, 1.165) is 37.8 Å². The van der Waals surface area contributed by atoms with Gasteiger partial charge in [-0.05, 0) is 12.6 Å². The molecule has 0 saturated carbocycles. The highest BCUT2D eigenvalue weighted by atomic mass is 32.1. The summed E-state index contributed by atoms with van der Waals surface area (Å²) < 4.78 is 5.04. The molecule has 0 atom stereocenters. The van der Waals surface area contributed by atoms with Crippen molar-refractivity contribution in [2.24, 2.45) is 0 Å². The number of ether oxygens (including phenoxy) is 1. The highest BCUT2D eigenvalue weighted by Gasteiger charge is 1.96.